The van der Waals surface area contributed by atoms with Gasteiger partial charge in [0.05, 0.1) is 6.10 Å². The molecule has 4 rings (SSSR count). The van der Waals surface area contributed by atoms with E-state index in [0.717, 1.165) is 36.5 Å². The van der Waals surface area contributed by atoms with Crippen LogP contribution in [0.25, 0.3) is 0 Å². The molecular weight excluding hydrogens is 364 g/mol. The summed E-state index contributed by atoms with van der Waals surface area (Å²) < 4.78 is 0. The van der Waals surface area contributed by atoms with E-state index in [9.17, 15) is 5.11 Å². The van der Waals surface area contributed by atoms with Gasteiger partial charge in [-0.05, 0) is 111 Å². The Morgan fingerprint density at radius 2 is 1.90 bits per heavy atom. The van der Waals surface area contributed by atoms with Crippen LogP contribution in [-0.4, -0.2) is 11.2 Å². The van der Waals surface area contributed by atoms with Crippen LogP contribution >= 0.6 is 0 Å². The molecule has 4 aliphatic carbocycles. The highest BCUT2D eigenvalue weighted by molar-refractivity contribution is 5.25. The lowest BCUT2D eigenvalue weighted by Gasteiger charge is -2.59. The van der Waals surface area contributed by atoms with E-state index in [1.165, 1.54) is 50.5 Å². The van der Waals surface area contributed by atoms with Crippen LogP contribution in [0.1, 0.15) is 92.4 Å². The summed E-state index contributed by atoms with van der Waals surface area (Å²) in [4.78, 5) is 0. The number of hydrogen-bond acceptors (Lipinski definition) is 1. The predicted molar refractivity (Wildman–Crippen MR) is 128 cm³/mol. The van der Waals surface area contributed by atoms with Gasteiger partial charge in [-0.1, -0.05) is 63.6 Å². The zero-order valence-corrected chi connectivity index (χ0v) is 20.3. The number of aliphatic hydroxyl groups is 1. The fourth-order valence-electron chi connectivity index (χ4n) is 8.71. The van der Waals surface area contributed by atoms with Gasteiger partial charge >= 0.3 is 0 Å². The topological polar surface area (TPSA) is 20.2 Å². The molecule has 1 nitrogen and oxygen atoms in total. The van der Waals surface area contributed by atoms with E-state index in [-0.39, 0.29) is 6.10 Å². The zero-order valence-electron chi connectivity index (χ0n) is 20.3. The fourth-order valence-corrected chi connectivity index (χ4v) is 8.71. The molecule has 9 atom stereocenters. The Balaban J connectivity index is 1.52. The van der Waals surface area contributed by atoms with E-state index < -0.39 is 0 Å². The Morgan fingerprint density at radius 3 is 2.60 bits per heavy atom. The molecule has 0 bridgehead atoms. The van der Waals surface area contributed by atoms with Gasteiger partial charge in [-0.3, -0.25) is 0 Å². The highest BCUT2D eigenvalue weighted by atomic mass is 16.3. The molecule has 0 unspecified atom stereocenters. The molecule has 0 radical (unpaired) electrons. The summed E-state index contributed by atoms with van der Waals surface area (Å²) in [5.74, 6) is 4.70. The summed E-state index contributed by atoms with van der Waals surface area (Å²) in [6.45, 7) is 16.3. The first-order valence-electron chi connectivity index (χ1n) is 12.9. The third-order valence-corrected chi connectivity index (χ3v) is 10.5. The van der Waals surface area contributed by atoms with Gasteiger partial charge < -0.3 is 5.11 Å². The molecule has 0 amide bonds. The summed E-state index contributed by atoms with van der Waals surface area (Å²) in [6, 6.07) is 0. The Labute approximate surface area is 186 Å². The molecule has 3 saturated carbocycles. The first-order valence-corrected chi connectivity index (χ1v) is 12.9. The molecule has 30 heavy (non-hydrogen) atoms. The molecular formula is C29H46O. The van der Waals surface area contributed by atoms with Crippen molar-refractivity contribution in [2.75, 3.05) is 0 Å². The van der Waals surface area contributed by atoms with E-state index in [2.05, 4.69) is 59.4 Å². The van der Waals surface area contributed by atoms with Gasteiger partial charge in [0.2, 0.25) is 0 Å². The second-order valence-corrected chi connectivity index (χ2v) is 12.0. The quantitative estimate of drug-likeness (QED) is 0.460. The maximum absolute atomic E-state index is 10.2. The van der Waals surface area contributed by atoms with Crippen LogP contribution in [0, 0.1) is 46.3 Å². The molecule has 0 aromatic rings. The van der Waals surface area contributed by atoms with Crippen molar-refractivity contribution in [1.29, 1.82) is 0 Å². The number of rotatable bonds is 5. The van der Waals surface area contributed by atoms with Gasteiger partial charge in [-0.25, -0.2) is 0 Å². The lowest BCUT2D eigenvalue weighted by atomic mass is 9.46. The van der Waals surface area contributed by atoms with Crippen LogP contribution in [-0.2, 0) is 0 Å². The SMILES string of the molecule is C=C(C)[C@@H](C=C[C@@H](C)[C@H]1CC[C@H]2[C@@H]3CCC4=C[C@@H](O)CC[C@]4(C)[C@H]3CC[C@]12C)CC. The Morgan fingerprint density at radius 1 is 1.13 bits per heavy atom. The molecule has 1 N–H and O–H groups in total. The van der Waals surface area contributed by atoms with Crippen molar-refractivity contribution in [3.8, 4) is 0 Å². The van der Waals surface area contributed by atoms with Gasteiger partial charge in [0.25, 0.3) is 0 Å². The Bertz CT molecular complexity index is 716. The molecule has 0 spiro atoms. The Hall–Kier alpha value is -0.820. The lowest BCUT2D eigenvalue weighted by molar-refractivity contribution is -0.0595. The molecule has 1 heteroatoms. The molecule has 0 heterocycles. The van der Waals surface area contributed by atoms with E-state index in [1.807, 2.05) is 0 Å². The van der Waals surface area contributed by atoms with Crippen LogP contribution in [0.15, 0.2) is 36.0 Å². The Kier molecular flexibility index (Phi) is 6.17. The summed E-state index contributed by atoms with van der Waals surface area (Å²) in [5.41, 5.74) is 3.78. The van der Waals surface area contributed by atoms with Crippen molar-refractivity contribution in [3.05, 3.63) is 36.0 Å². The highest BCUT2D eigenvalue weighted by Crippen LogP contribution is 2.67. The number of allylic oxidation sites excluding steroid dienone is 4. The van der Waals surface area contributed by atoms with Gasteiger partial charge in [0.15, 0.2) is 0 Å². The summed E-state index contributed by atoms with van der Waals surface area (Å²) in [6.07, 6.45) is 18.6. The summed E-state index contributed by atoms with van der Waals surface area (Å²) >= 11 is 0. The number of fused-ring (bicyclic) bond motifs is 5. The van der Waals surface area contributed by atoms with Crippen LogP contribution < -0.4 is 0 Å². The largest absolute Gasteiger partial charge is 0.389 e. The van der Waals surface area contributed by atoms with Crippen molar-refractivity contribution < 1.29 is 5.11 Å². The van der Waals surface area contributed by atoms with Gasteiger partial charge in [0, 0.05) is 0 Å². The normalized spacial score (nSPS) is 45.3. The van der Waals surface area contributed by atoms with Crippen molar-refractivity contribution in [2.45, 2.75) is 98.5 Å². The fraction of sp³-hybridized carbons (Fsp3) is 0.793. The van der Waals surface area contributed by atoms with Gasteiger partial charge in [-0.15, -0.1) is 0 Å². The standard InChI is InChI=1S/C29H46O/c1-7-21(19(2)3)9-8-20(4)25-12-13-26-24-11-10-22-18-23(30)14-16-28(22,5)27(24)15-17-29(25,26)6/h8-9,18,20-21,23-27,30H,2,7,10-17H2,1,3-6H3/t20-,21-,23+,24+,25-,26+,27+,28+,29-/m1/s1. The third kappa shape index (κ3) is 3.58. The average Bonchev–Trinajstić information content (AvgIpc) is 3.06. The minimum Gasteiger partial charge on any atom is -0.389 e. The van der Waals surface area contributed by atoms with Crippen LogP contribution in [0.3, 0.4) is 0 Å². The second kappa shape index (κ2) is 8.27. The first-order chi connectivity index (χ1) is 14.2. The van der Waals surface area contributed by atoms with E-state index >= 15 is 0 Å². The van der Waals surface area contributed by atoms with E-state index in [0.29, 0.717) is 22.7 Å². The van der Waals surface area contributed by atoms with Crippen molar-refractivity contribution >= 4 is 0 Å². The smallest absolute Gasteiger partial charge is 0.0724 e. The number of aliphatic hydroxyl groups excluding tert-OH is 1. The summed E-state index contributed by atoms with van der Waals surface area (Å²) in [7, 11) is 0. The molecule has 0 saturated heterocycles. The first kappa shape index (κ1) is 22.4. The molecule has 0 aromatic heterocycles. The minimum absolute atomic E-state index is 0.187. The molecule has 0 aliphatic heterocycles. The monoisotopic (exact) mass is 410 g/mol. The summed E-state index contributed by atoms with van der Waals surface area (Å²) in [5, 5.41) is 10.2. The maximum Gasteiger partial charge on any atom is 0.0724 e. The predicted octanol–water partition coefficient (Wildman–Crippen LogP) is 7.72. The van der Waals surface area contributed by atoms with Crippen molar-refractivity contribution in [2.24, 2.45) is 46.3 Å². The van der Waals surface area contributed by atoms with Crippen LogP contribution in [0.2, 0.25) is 0 Å². The average molecular weight is 411 g/mol. The van der Waals surface area contributed by atoms with Gasteiger partial charge in [-0.2, -0.15) is 0 Å². The highest BCUT2D eigenvalue weighted by Gasteiger charge is 2.59. The van der Waals surface area contributed by atoms with Crippen molar-refractivity contribution in [1.82, 2.24) is 0 Å². The van der Waals surface area contributed by atoms with Crippen LogP contribution in [0.5, 0.6) is 0 Å². The molecule has 3 fully saturated rings. The minimum atomic E-state index is -0.187. The lowest BCUT2D eigenvalue weighted by Crippen LogP contribution is -2.51. The second-order valence-electron chi connectivity index (χ2n) is 12.0. The molecule has 4 aliphatic rings. The van der Waals surface area contributed by atoms with E-state index in [1.54, 1.807) is 5.57 Å². The third-order valence-electron chi connectivity index (χ3n) is 10.5. The number of hydrogen-bond donors (Lipinski definition) is 1. The molecule has 0 aromatic carbocycles. The van der Waals surface area contributed by atoms with Crippen molar-refractivity contribution in [3.63, 3.8) is 0 Å². The van der Waals surface area contributed by atoms with E-state index in [4.69, 9.17) is 0 Å². The molecule has 168 valence electrons. The maximum atomic E-state index is 10.2. The van der Waals surface area contributed by atoms with Gasteiger partial charge in [0.1, 0.15) is 0 Å². The zero-order chi connectivity index (χ0) is 21.7. The van der Waals surface area contributed by atoms with Crippen LogP contribution in [0.4, 0.5) is 0 Å².